The lowest BCUT2D eigenvalue weighted by atomic mass is 9.85. The van der Waals surface area contributed by atoms with Gasteiger partial charge >= 0.3 is 0 Å². The Hall–Kier alpha value is -2.33. The summed E-state index contributed by atoms with van der Waals surface area (Å²) in [6.07, 6.45) is 0. The first-order chi connectivity index (χ1) is 12.8. The van der Waals surface area contributed by atoms with E-state index >= 15 is 0 Å². The van der Waals surface area contributed by atoms with E-state index in [4.69, 9.17) is 0 Å². The third kappa shape index (κ3) is 5.35. The molecular formula is C24H34N2O2. The molecule has 2 aromatic rings. The van der Waals surface area contributed by atoms with Crippen molar-refractivity contribution in [1.82, 2.24) is 5.06 Å². The predicted octanol–water partition coefficient (Wildman–Crippen LogP) is 6.11. The first-order valence-electron chi connectivity index (χ1n) is 9.77. The fourth-order valence-corrected chi connectivity index (χ4v) is 3.06. The van der Waals surface area contributed by atoms with Gasteiger partial charge in [0.25, 0.3) is 5.91 Å². The number of hydrogen-bond donors (Lipinski definition) is 2. The van der Waals surface area contributed by atoms with Gasteiger partial charge < -0.3 is 5.32 Å². The summed E-state index contributed by atoms with van der Waals surface area (Å²) in [6, 6.07) is 12.3. The predicted molar refractivity (Wildman–Crippen MR) is 116 cm³/mol. The van der Waals surface area contributed by atoms with Gasteiger partial charge in [-0.05, 0) is 53.6 Å². The normalized spacial score (nSPS) is 12.0. The minimum atomic E-state index is -0.607. The quantitative estimate of drug-likeness (QED) is 0.495. The van der Waals surface area contributed by atoms with Crippen LogP contribution in [0.25, 0.3) is 0 Å². The summed E-state index contributed by atoms with van der Waals surface area (Å²) in [7, 11) is 0. The Morgan fingerprint density at radius 2 is 1.46 bits per heavy atom. The van der Waals surface area contributed by atoms with E-state index in [1.165, 1.54) is 16.7 Å². The molecule has 0 heterocycles. The molecule has 0 aliphatic carbocycles. The highest BCUT2D eigenvalue weighted by atomic mass is 16.5. The van der Waals surface area contributed by atoms with Gasteiger partial charge in [-0.15, -0.1) is 0 Å². The number of hydrogen-bond acceptors (Lipinski definition) is 3. The molecule has 0 radical (unpaired) electrons. The summed E-state index contributed by atoms with van der Waals surface area (Å²) in [5, 5.41) is 14.3. The van der Waals surface area contributed by atoms with E-state index in [1.807, 2.05) is 24.3 Å². The molecule has 0 aromatic heterocycles. The van der Waals surface area contributed by atoms with Crippen molar-refractivity contribution in [1.29, 1.82) is 0 Å². The number of aryl methyl sites for hydroxylation is 2. The Bertz CT molecular complexity index is 817. The smallest absolute Gasteiger partial charge is 0.251 e. The van der Waals surface area contributed by atoms with Crippen molar-refractivity contribution in [2.75, 3.05) is 5.32 Å². The number of nitrogens with zero attached hydrogens (tertiary/aromatic N) is 1. The second-order valence-corrected chi connectivity index (χ2v) is 9.67. The molecule has 1 amide bonds. The van der Waals surface area contributed by atoms with Crippen LogP contribution < -0.4 is 5.32 Å². The van der Waals surface area contributed by atoms with E-state index in [9.17, 15) is 10.0 Å². The number of carbonyl (C=O) groups is 1. The van der Waals surface area contributed by atoms with Crippen molar-refractivity contribution in [3.8, 4) is 0 Å². The zero-order chi connectivity index (χ0) is 21.3. The number of nitrogens with one attached hydrogen (secondary N) is 1. The summed E-state index contributed by atoms with van der Waals surface area (Å²) in [6.45, 7) is 16.5. The number of rotatable bonds is 4. The summed E-state index contributed by atoms with van der Waals surface area (Å²) in [4.78, 5) is 12.1. The molecule has 0 aliphatic rings. The summed E-state index contributed by atoms with van der Waals surface area (Å²) in [5.41, 5.74) is 6.24. The van der Waals surface area contributed by atoms with Crippen LogP contribution in [0.5, 0.6) is 0 Å². The maximum Gasteiger partial charge on any atom is 0.251 e. The van der Waals surface area contributed by atoms with Gasteiger partial charge in [0.05, 0.1) is 6.54 Å². The molecule has 0 unspecified atom stereocenters. The van der Waals surface area contributed by atoms with Gasteiger partial charge in [0.15, 0.2) is 0 Å². The molecule has 0 saturated heterocycles. The van der Waals surface area contributed by atoms with Crippen molar-refractivity contribution < 1.29 is 10.0 Å². The molecule has 0 bridgehead atoms. The largest absolute Gasteiger partial charge is 0.355 e. The van der Waals surface area contributed by atoms with Gasteiger partial charge in [0.1, 0.15) is 0 Å². The fraction of sp³-hybridized carbons (Fsp3) is 0.458. The fourth-order valence-electron chi connectivity index (χ4n) is 3.06. The molecule has 0 atom stereocenters. The number of amides is 1. The average Bonchev–Trinajstić information content (AvgIpc) is 2.57. The van der Waals surface area contributed by atoms with Gasteiger partial charge in [-0.3, -0.25) is 10.0 Å². The molecule has 4 heteroatoms. The third-order valence-corrected chi connectivity index (χ3v) is 4.83. The Morgan fingerprint density at radius 1 is 0.964 bits per heavy atom. The molecule has 152 valence electrons. The van der Waals surface area contributed by atoms with Crippen molar-refractivity contribution >= 4 is 17.3 Å². The SMILES string of the molecule is Cc1cc(C(C)(C)C)cc(C)c1Nc1ccc(CN(O)C(=O)C(C)(C)C)cc1. The summed E-state index contributed by atoms with van der Waals surface area (Å²) < 4.78 is 0. The number of benzene rings is 2. The van der Waals surface area contributed by atoms with Crippen LogP contribution in [-0.2, 0) is 16.8 Å². The van der Waals surface area contributed by atoms with Crippen LogP contribution in [0.4, 0.5) is 11.4 Å². The minimum Gasteiger partial charge on any atom is -0.355 e. The van der Waals surface area contributed by atoms with Gasteiger partial charge in [0, 0.05) is 16.8 Å². The van der Waals surface area contributed by atoms with Crippen molar-refractivity contribution in [3.05, 3.63) is 58.7 Å². The monoisotopic (exact) mass is 382 g/mol. The van der Waals surface area contributed by atoms with Gasteiger partial charge in [-0.25, -0.2) is 5.06 Å². The highest BCUT2D eigenvalue weighted by Crippen LogP contribution is 2.31. The second kappa shape index (κ2) is 7.96. The van der Waals surface area contributed by atoms with Crippen molar-refractivity contribution in [3.63, 3.8) is 0 Å². The lowest BCUT2D eigenvalue weighted by Crippen LogP contribution is -2.36. The van der Waals surface area contributed by atoms with Crippen LogP contribution in [-0.4, -0.2) is 16.2 Å². The summed E-state index contributed by atoms with van der Waals surface area (Å²) >= 11 is 0. The lowest BCUT2D eigenvalue weighted by molar-refractivity contribution is -0.177. The van der Waals surface area contributed by atoms with Crippen LogP contribution in [0.1, 0.15) is 63.8 Å². The van der Waals surface area contributed by atoms with Crippen molar-refractivity contribution in [2.24, 2.45) is 5.41 Å². The highest BCUT2D eigenvalue weighted by molar-refractivity contribution is 5.80. The third-order valence-electron chi connectivity index (χ3n) is 4.83. The standard InChI is InChI=1S/C24H34N2O2/c1-16-13-19(23(3,4)5)14-17(2)21(16)25-20-11-9-18(10-12-20)15-26(28)22(27)24(6,7)8/h9-14,25,28H,15H2,1-8H3. The maximum absolute atomic E-state index is 12.1. The Kier molecular flexibility index (Phi) is 6.24. The first kappa shape index (κ1) is 22.0. The number of anilines is 2. The second-order valence-electron chi connectivity index (χ2n) is 9.67. The van der Waals surface area contributed by atoms with Crippen molar-refractivity contribution in [2.45, 2.75) is 67.3 Å². The molecule has 0 saturated carbocycles. The topological polar surface area (TPSA) is 52.6 Å². The van der Waals surface area contributed by atoms with Crippen LogP contribution in [0.2, 0.25) is 0 Å². The molecule has 2 aromatic carbocycles. The van der Waals surface area contributed by atoms with E-state index in [2.05, 4.69) is 52.1 Å². The highest BCUT2D eigenvalue weighted by Gasteiger charge is 2.26. The molecule has 0 fully saturated rings. The lowest BCUT2D eigenvalue weighted by Gasteiger charge is -2.24. The van der Waals surface area contributed by atoms with Gasteiger partial charge in [-0.1, -0.05) is 65.8 Å². The van der Waals surface area contributed by atoms with E-state index in [0.717, 1.165) is 22.0 Å². The molecule has 2 rings (SSSR count). The van der Waals surface area contributed by atoms with E-state index in [1.54, 1.807) is 20.8 Å². The molecule has 0 aliphatic heterocycles. The number of carbonyl (C=O) groups excluding carboxylic acids is 1. The Morgan fingerprint density at radius 3 is 1.89 bits per heavy atom. The number of hydroxylamine groups is 2. The average molecular weight is 383 g/mol. The van der Waals surface area contributed by atoms with Crippen LogP contribution >= 0.6 is 0 Å². The molecule has 4 nitrogen and oxygen atoms in total. The molecular weight excluding hydrogens is 348 g/mol. The molecule has 2 N–H and O–H groups in total. The zero-order valence-corrected chi connectivity index (χ0v) is 18.5. The Labute approximate surface area is 169 Å². The van der Waals surface area contributed by atoms with Gasteiger partial charge in [0.2, 0.25) is 0 Å². The van der Waals surface area contributed by atoms with Gasteiger partial charge in [-0.2, -0.15) is 0 Å². The first-order valence-corrected chi connectivity index (χ1v) is 9.77. The molecule has 0 spiro atoms. The molecule has 28 heavy (non-hydrogen) atoms. The maximum atomic E-state index is 12.1. The Balaban J connectivity index is 2.14. The summed E-state index contributed by atoms with van der Waals surface area (Å²) in [5.74, 6) is -0.292. The van der Waals surface area contributed by atoms with E-state index in [0.29, 0.717) is 0 Å². The van der Waals surface area contributed by atoms with E-state index in [-0.39, 0.29) is 17.9 Å². The van der Waals surface area contributed by atoms with Crippen LogP contribution in [0.3, 0.4) is 0 Å². The minimum absolute atomic E-state index is 0.121. The van der Waals surface area contributed by atoms with Crippen LogP contribution in [0.15, 0.2) is 36.4 Å². The van der Waals surface area contributed by atoms with Crippen LogP contribution in [0, 0.1) is 19.3 Å². The zero-order valence-electron chi connectivity index (χ0n) is 18.5. The van der Waals surface area contributed by atoms with E-state index < -0.39 is 5.41 Å².